The Bertz CT molecular complexity index is 750. The number of imidazole rings is 1. The van der Waals surface area contributed by atoms with Crippen LogP contribution < -0.4 is 11.3 Å². The van der Waals surface area contributed by atoms with E-state index in [4.69, 9.17) is 25.2 Å². The quantitative estimate of drug-likeness (QED) is 0.358. The van der Waals surface area contributed by atoms with Crippen molar-refractivity contribution in [1.82, 2.24) is 19.5 Å². The number of H-pyrrole nitrogens is 1. The molecule has 1 aliphatic heterocycles. The number of carbonyl (C=O) groups is 2. The van der Waals surface area contributed by atoms with Crippen molar-refractivity contribution in [1.29, 1.82) is 0 Å². The number of nitrogen functional groups attached to an aromatic ring is 1. The highest BCUT2D eigenvalue weighted by Crippen LogP contribution is 2.30. The average molecular weight is 325 g/mol. The summed E-state index contributed by atoms with van der Waals surface area (Å²) in [5, 5.41) is 18.8. The van der Waals surface area contributed by atoms with Crippen molar-refractivity contribution in [3.63, 3.8) is 0 Å². The van der Waals surface area contributed by atoms with Gasteiger partial charge in [-0.05, 0) is 0 Å². The first-order chi connectivity index (χ1) is 11.0. The van der Waals surface area contributed by atoms with Gasteiger partial charge in [0.05, 0.1) is 19.0 Å². The number of ether oxygens (including phenoxy) is 1. The van der Waals surface area contributed by atoms with Crippen LogP contribution in [-0.2, 0) is 14.3 Å². The van der Waals surface area contributed by atoms with Gasteiger partial charge < -0.3 is 20.7 Å². The van der Waals surface area contributed by atoms with E-state index in [1.165, 1.54) is 10.9 Å². The molecule has 1 saturated heterocycles. The van der Waals surface area contributed by atoms with Crippen LogP contribution in [0, 0.1) is 0 Å². The Balaban J connectivity index is 0.000000433. The summed E-state index contributed by atoms with van der Waals surface area (Å²) in [6, 6.07) is 0. The molecule has 1 unspecified atom stereocenters. The summed E-state index contributed by atoms with van der Waals surface area (Å²) in [5.41, 5.74) is 5.50. The fourth-order valence-electron chi connectivity index (χ4n) is 2.20. The summed E-state index contributed by atoms with van der Waals surface area (Å²) < 4.78 is 7.01. The number of aldehydes is 2. The molecule has 0 aromatic carbocycles. The molecule has 3 heterocycles. The zero-order valence-corrected chi connectivity index (χ0v) is 11.8. The lowest BCUT2D eigenvalue weighted by Gasteiger charge is -2.13. The number of nitrogens with zero attached hydrogens (tertiary/aromatic N) is 3. The molecule has 3 rings (SSSR count). The fourth-order valence-corrected chi connectivity index (χ4v) is 2.20. The van der Waals surface area contributed by atoms with Gasteiger partial charge in [-0.15, -0.1) is 0 Å². The Morgan fingerprint density at radius 3 is 2.74 bits per heavy atom. The Morgan fingerprint density at radius 1 is 1.48 bits per heavy atom. The molecule has 0 radical (unpaired) electrons. The summed E-state index contributed by atoms with van der Waals surface area (Å²) in [4.78, 5) is 39.6. The number of nitrogens with one attached hydrogen (secondary N) is 1. The molecule has 2 aromatic rings. The van der Waals surface area contributed by atoms with Gasteiger partial charge in [-0.25, -0.2) is 4.98 Å². The number of aliphatic hydroxyl groups excluding tert-OH is 2. The van der Waals surface area contributed by atoms with E-state index in [1.54, 1.807) is 0 Å². The number of anilines is 1. The van der Waals surface area contributed by atoms with Gasteiger partial charge in [0.15, 0.2) is 23.7 Å². The normalized spacial score (nSPS) is 23.3. The number of fused-ring (bicyclic) bond motifs is 1. The summed E-state index contributed by atoms with van der Waals surface area (Å²) in [6.45, 7) is -0.277. The van der Waals surface area contributed by atoms with Crippen molar-refractivity contribution in [2.75, 3.05) is 12.3 Å². The molecule has 1 aliphatic rings. The Hall–Kier alpha value is -2.63. The van der Waals surface area contributed by atoms with E-state index in [2.05, 4.69) is 15.0 Å². The molecular formula is C12H15N5O6. The standard InChI is InChI=1S/C10H13N5O4.C2H2O2/c11-10-13-8-7(9(18)14-10)12-3-15(8)6-1-4(17)5(2-16)19-6;3-1-2-4/h3-6,16-17H,1-2H2,(H3,11,13,14,18);1-2H/t4-,5+,6?;/m0./s1. The summed E-state index contributed by atoms with van der Waals surface area (Å²) >= 11 is 0. The van der Waals surface area contributed by atoms with Crippen LogP contribution in [0.25, 0.3) is 11.2 Å². The Morgan fingerprint density at radius 2 is 2.17 bits per heavy atom. The molecule has 23 heavy (non-hydrogen) atoms. The van der Waals surface area contributed by atoms with Crippen LogP contribution in [0.2, 0.25) is 0 Å². The molecule has 0 amide bonds. The van der Waals surface area contributed by atoms with E-state index in [0.717, 1.165) is 0 Å². The number of aromatic nitrogens is 4. The largest absolute Gasteiger partial charge is 0.394 e. The monoisotopic (exact) mass is 325 g/mol. The lowest BCUT2D eigenvalue weighted by Crippen LogP contribution is -2.24. The second-order valence-electron chi connectivity index (χ2n) is 4.66. The van der Waals surface area contributed by atoms with Crippen LogP contribution in [0.1, 0.15) is 12.6 Å². The first-order valence-corrected chi connectivity index (χ1v) is 6.57. The molecule has 3 atom stereocenters. The molecule has 124 valence electrons. The highest BCUT2D eigenvalue weighted by atomic mass is 16.5. The van der Waals surface area contributed by atoms with E-state index in [9.17, 15) is 9.90 Å². The van der Waals surface area contributed by atoms with Crippen molar-refractivity contribution in [2.45, 2.75) is 24.9 Å². The van der Waals surface area contributed by atoms with Gasteiger partial charge in [-0.1, -0.05) is 0 Å². The molecule has 0 bridgehead atoms. The topological polar surface area (TPSA) is 173 Å². The third-order valence-corrected chi connectivity index (χ3v) is 3.20. The van der Waals surface area contributed by atoms with E-state index in [-0.39, 0.29) is 42.7 Å². The third kappa shape index (κ3) is 3.41. The molecular weight excluding hydrogens is 310 g/mol. The first-order valence-electron chi connectivity index (χ1n) is 6.57. The molecule has 2 aromatic heterocycles. The molecule has 0 aliphatic carbocycles. The number of aromatic amines is 1. The van der Waals surface area contributed by atoms with Gasteiger partial charge in [-0.3, -0.25) is 23.9 Å². The maximum absolute atomic E-state index is 11.6. The SMILES string of the molecule is Nc1nc2c(ncn2C2C[C@H](O)[C@@H](CO)O2)c(=O)[nH]1.O=CC=O. The number of hydrogen-bond donors (Lipinski definition) is 4. The molecule has 11 heteroatoms. The highest BCUT2D eigenvalue weighted by molar-refractivity contribution is 6.09. The molecule has 11 nitrogen and oxygen atoms in total. The second-order valence-corrected chi connectivity index (χ2v) is 4.66. The van der Waals surface area contributed by atoms with Crippen LogP contribution in [0.4, 0.5) is 5.95 Å². The van der Waals surface area contributed by atoms with Gasteiger partial charge >= 0.3 is 0 Å². The van der Waals surface area contributed by atoms with Gasteiger partial charge in [0, 0.05) is 6.42 Å². The van der Waals surface area contributed by atoms with Crippen molar-refractivity contribution in [2.24, 2.45) is 0 Å². The lowest BCUT2D eigenvalue weighted by molar-refractivity contribution is -0.122. The summed E-state index contributed by atoms with van der Waals surface area (Å²) in [7, 11) is 0. The summed E-state index contributed by atoms with van der Waals surface area (Å²) in [6.07, 6.45) is 0.119. The number of rotatable bonds is 3. The van der Waals surface area contributed by atoms with E-state index >= 15 is 0 Å². The number of nitrogens with two attached hydrogens (primary N) is 1. The third-order valence-electron chi connectivity index (χ3n) is 3.20. The van der Waals surface area contributed by atoms with E-state index in [1.807, 2.05) is 0 Å². The van der Waals surface area contributed by atoms with Crippen LogP contribution in [0.5, 0.6) is 0 Å². The minimum atomic E-state index is -0.771. The first kappa shape index (κ1) is 16.7. The smallest absolute Gasteiger partial charge is 0.280 e. The van der Waals surface area contributed by atoms with Crippen LogP contribution in [0.3, 0.4) is 0 Å². The molecule has 5 N–H and O–H groups in total. The predicted octanol–water partition coefficient (Wildman–Crippen LogP) is -2.27. The summed E-state index contributed by atoms with van der Waals surface area (Å²) in [5.74, 6) is -0.0171. The predicted molar refractivity (Wildman–Crippen MR) is 76.3 cm³/mol. The fraction of sp³-hybridized carbons (Fsp3) is 0.417. The zero-order chi connectivity index (χ0) is 17.0. The van der Waals surface area contributed by atoms with Crippen molar-refractivity contribution < 1.29 is 24.5 Å². The van der Waals surface area contributed by atoms with Gasteiger partial charge in [0.1, 0.15) is 12.3 Å². The van der Waals surface area contributed by atoms with E-state index in [0.29, 0.717) is 0 Å². The number of aliphatic hydroxyl groups is 2. The minimum Gasteiger partial charge on any atom is -0.394 e. The molecule has 1 fully saturated rings. The minimum absolute atomic E-state index is 0.0171. The van der Waals surface area contributed by atoms with Crippen LogP contribution in [0.15, 0.2) is 11.1 Å². The van der Waals surface area contributed by atoms with Crippen LogP contribution in [-0.4, -0.2) is 61.1 Å². The van der Waals surface area contributed by atoms with Gasteiger partial charge in [0.2, 0.25) is 5.95 Å². The number of carbonyl (C=O) groups excluding carboxylic acids is 2. The second kappa shape index (κ2) is 7.09. The zero-order valence-electron chi connectivity index (χ0n) is 11.8. The van der Waals surface area contributed by atoms with Gasteiger partial charge in [-0.2, -0.15) is 4.98 Å². The maximum atomic E-state index is 11.6. The van der Waals surface area contributed by atoms with Crippen LogP contribution >= 0.6 is 0 Å². The van der Waals surface area contributed by atoms with Crippen molar-refractivity contribution >= 4 is 29.7 Å². The number of hydrogen-bond acceptors (Lipinski definition) is 9. The molecule has 0 spiro atoms. The average Bonchev–Trinajstić information content (AvgIpc) is 3.10. The Kier molecular flexibility index (Phi) is 5.16. The van der Waals surface area contributed by atoms with Gasteiger partial charge in [0.25, 0.3) is 5.56 Å². The Labute approximate surface area is 128 Å². The lowest BCUT2D eigenvalue weighted by atomic mass is 10.2. The molecule has 0 saturated carbocycles. The van der Waals surface area contributed by atoms with Crippen molar-refractivity contribution in [3.8, 4) is 0 Å². The van der Waals surface area contributed by atoms with E-state index < -0.39 is 24.0 Å². The highest BCUT2D eigenvalue weighted by Gasteiger charge is 2.35. The maximum Gasteiger partial charge on any atom is 0.280 e. The van der Waals surface area contributed by atoms with Crippen molar-refractivity contribution in [3.05, 3.63) is 16.7 Å².